The van der Waals surface area contributed by atoms with E-state index < -0.39 is 0 Å². The smallest absolute Gasteiger partial charge is 0.0794 e. The molecule has 0 saturated heterocycles. The molecule has 0 aliphatic heterocycles. The molecule has 2 aromatic rings. The second-order valence-electron chi connectivity index (χ2n) is 7.56. The first kappa shape index (κ1) is 29.4. The highest BCUT2D eigenvalue weighted by Crippen LogP contribution is 2.11. The molecule has 0 aromatic heterocycles. The van der Waals surface area contributed by atoms with Crippen LogP contribution in [0.5, 0.6) is 0 Å². The molecular formula is C22H37Cl3N3+. The second-order valence-corrected chi connectivity index (χ2v) is 7.56. The highest BCUT2D eigenvalue weighted by molar-refractivity contribution is 5.86. The fourth-order valence-corrected chi connectivity index (χ4v) is 3.25. The summed E-state index contributed by atoms with van der Waals surface area (Å²) in [4.78, 5) is 2.56. The zero-order valence-corrected chi connectivity index (χ0v) is 19.6. The first-order chi connectivity index (χ1) is 12.1. The lowest BCUT2D eigenvalue weighted by atomic mass is 10.1. The van der Waals surface area contributed by atoms with Crippen molar-refractivity contribution in [1.82, 2.24) is 4.90 Å². The number of halogens is 3. The number of nitrogens with two attached hydrogens (primary N) is 1. The number of rotatable bonds is 11. The highest BCUT2D eigenvalue weighted by atomic mass is 35.5. The van der Waals surface area contributed by atoms with Crippen LogP contribution in [-0.4, -0.2) is 49.7 Å². The van der Waals surface area contributed by atoms with Crippen molar-refractivity contribution in [2.75, 3.05) is 40.3 Å². The monoisotopic (exact) mass is 448 g/mol. The van der Waals surface area contributed by atoms with E-state index in [1.165, 1.54) is 24.1 Å². The molecule has 3 nitrogen and oxygen atoms in total. The Kier molecular flexibility index (Phi) is 16.8. The maximum absolute atomic E-state index is 5.67. The van der Waals surface area contributed by atoms with Gasteiger partial charge in [0.15, 0.2) is 0 Å². The molecule has 0 bridgehead atoms. The van der Waals surface area contributed by atoms with Crippen molar-refractivity contribution >= 4 is 37.2 Å². The summed E-state index contributed by atoms with van der Waals surface area (Å²) in [7, 11) is 4.63. The van der Waals surface area contributed by atoms with Gasteiger partial charge in [-0.3, -0.25) is 4.90 Å². The number of hydrogen-bond donors (Lipinski definition) is 1. The Hall–Kier alpha value is -0.810. The molecule has 0 amide bonds. The molecule has 0 atom stereocenters. The molecule has 2 aromatic carbocycles. The summed E-state index contributed by atoms with van der Waals surface area (Å²) in [6, 6.07) is 21.6. The van der Waals surface area contributed by atoms with E-state index >= 15 is 0 Å². The van der Waals surface area contributed by atoms with Crippen LogP contribution in [0.4, 0.5) is 0 Å². The zero-order chi connectivity index (χ0) is 18.0. The topological polar surface area (TPSA) is 29.3 Å². The van der Waals surface area contributed by atoms with Gasteiger partial charge in [0, 0.05) is 32.5 Å². The van der Waals surface area contributed by atoms with E-state index in [0.717, 1.165) is 43.6 Å². The Labute approximate surface area is 190 Å². The highest BCUT2D eigenvalue weighted by Gasteiger charge is 2.15. The van der Waals surface area contributed by atoms with Crippen LogP contribution in [0.25, 0.3) is 0 Å². The zero-order valence-electron chi connectivity index (χ0n) is 17.1. The minimum absolute atomic E-state index is 0. The lowest BCUT2D eigenvalue weighted by molar-refractivity contribution is -0.890. The minimum Gasteiger partial charge on any atom is -0.330 e. The summed E-state index contributed by atoms with van der Waals surface area (Å²) in [5.41, 5.74) is 8.44. The van der Waals surface area contributed by atoms with Crippen molar-refractivity contribution in [3.05, 3.63) is 71.8 Å². The van der Waals surface area contributed by atoms with Crippen LogP contribution in [0, 0.1) is 0 Å². The molecular weight excluding hydrogens is 413 g/mol. The number of quaternary nitrogens is 1. The number of benzene rings is 2. The predicted molar refractivity (Wildman–Crippen MR) is 129 cm³/mol. The average Bonchev–Trinajstić information content (AvgIpc) is 2.61. The molecule has 0 saturated carbocycles. The van der Waals surface area contributed by atoms with Crippen LogP contribution in [0.3, 0.4) is 0 Å². The Morgan fingerprint density at radius 1 is 0.714 bits per heavy atom. The molecule has 0 heterocycles. The van der Waals surface area contributed by atoms with Gasteiger partial charge in [-0.1, -0.05) is 60.7 Å². The quantitative estimate of drug-likeness (QED) is 0.501. The lowest BCUT2D eigenvalue weighted by Crippen LogP contribution is -2.43. The molecule has 0 spiro atoms. The molecule has 0 fully saturated rings. The maximum atomic E-state index is 5.67. The van der Waals surface area contributed by atoms with E-state index in [4.69, 9.17) is 5.73 Å². The van der Waals surface area contributed by atoms with Gasteiger partial charge >= 0.3 is 0 Å². The normalized spacial score (nSPS) is 10.6. The van der Waals surface area contributed by atoms with Gasteiger partial charge in [-0.05, 0) is 17.7 Å². The Balaban J connectivity index is 0. The Morgan fingerprint density at radius 3 is 1.57 bits per heavy atom. The van der Waals surface area contributed by atoms with Crippen molar-refractivity contribution in [1.29, 1.82) is 0 Å². The fraction of sp³-hybridized carbons (Fsp3) is 0.455. The van der Waals surface area contributed by atoms with Gasteiger partial charge in [0.25, 0.3) is 0 Å². The third-order valence-corrected chi connectivity index (χ3v) is 4.70. The third-order valence-electron chi connectivity index (χ3n) is 4.70. The summed E-state index contributed by atoms with van der Waals surface area (Å²) in [5.74, 6) is 0. The molecule has 0 aliphatic carbocycles. The standard InChI is InChI=1S/C22H34N3.3ClH/c1-25(2,17-9-15-23)18-10-16-24(19-21-11-5-3-6-12-21)20-22-13-7-4-8-14-22;;;/h3-8,11-14H,9-10,15-20,23H2,1-2H3;3*1H/q+1;;;. The van der Waals surface area contributed by atoms with Crippen LogP contribution in [0.1, 0.15) is 24.0 Å². The van der Waals surface area contributed by atoms with Gasteiger partial charge < -0.3 is 10.2 Å². The van der Waals surface area contributed by atoms with Gasteiger partial charge in [0.05, 0.1) is 27.2 Å². The summed E-state index contributed by atoms with van der Waals surface area (Å²) in [6.07, 6.45) is 2.31. The molecule has 0 unspecified atom stereocenters. The summed E-state index contributed by atoms with van der Waals surface area (Å²) in [6.45, 7) is 6.27. The fourth-order valence-electron chi connectivity index (χ4n) is 3.25. The number of hydrogen-bond acceptors (Lipinski definition) is 2. The van der Waals surface area contributed by atoms with Gasteiger partial charge in [0.1, 0.15) is 0 Å². The lowest BCUT2D eigenvalue weighted by Gasteiger charge is -2.31. The minimum atomic E-state index is 0. The van der Waals surface area contributed by atoms with E-state index in [1.54, 1.807) is 0 Å². The van der Waals surface area contributed by atoms with Crippen molar-refractivity contribution in [3.8, 4) is 0 Å². The van der Waals surface area contributed by atoms with E-state index in [9.17, 15) is 0 Å². The molecule has 0 radical (unpaired) electrons. The van der Waals surface area contributed by atoms with E-state index in [1.807, 2.05) is 0 Å². The molecule has 28 heavy (non-hydrogen) atoms. The van der Waals surface area contributed by atoms with Crippen LogP contribution in [0.2, 0.25) is 0 Å². The van der Waals surface area contributed by atoms with Crippen LogP contribution in [-0.2, 0) is 13.1 Å². The predicted octanol–water partition coefficient (Wildman–Crippen LogP) is 4.77. The first-order valence-electron chi connectivity index (χ1n) is 9.41. The van der Waals surface area contributed by atoms with Gasteiger partial charge in [-0.15, -0.1) is 37.2 Å². The molecule has 6 heteroatoms. The van der Waals surface area contributed by atoms with Crippen molar-refractivity contribution < 1.29 is 4.48 Å². The maximum Gasteiger partial charge on any atom is 0.0794 e. The van der Waals surface area contributed by atoms with Gasteiger partial charge in [0.2, 0.25) is 0 Å². The van der Waals surface area contributed by atoms with Crippen LogP contribution in [0.15, 0.2) is 60.7 Å². The average molecular weight is 450 g/mol. The van der Waals surface area contributed by atoms with Gasteiger partial charge in [-0.2, -0.15) is 0 Å². The molecule has 160 valence electrons. The molecule has 2 N–H and O–H groups in total. The summed E-state index contributed by atoms with van der Waals surface area (Å²) < 4.78 is 1.06. The number of nitrogens with zero attached hydrogens (tertiary/aromatic N) is 2. The van der Waals surface area contributed by atoms with Crippen molar-refractivity contribution in [2.24, 2.45) is 5.73 Å². The van der Waals surface area contributed by atoms with Gasteiger partial charge in [-0.25, -0.2) is 0 Å². The second kappa shape index (κ2) is 16.0. The van der Waals surface area contributed by atoms with Crippen LogP contribution >= 0.6 is 37.2 Å². The van der Waals surface area contributed by atoms with E-state index in [0.29, 0.717) is 0 Å². The SMILES string of the molecule is C[N+](C)(CCCN)CCCN(Cc1ccccc1)Cc1ccccc1.Cl.Cl.Cl. The largest absolute Gasteiger partial charge is 0.330 e. The van der Waals surface area contributed by atoms with Crippen molar-refractivity contribution in [3.63, 3.8) is 0 Å². The Morgan fingerprint density at radius 2 is 1.14 bits per heavy atom. The first-order valence-corrected chi connectivity index (χ1v) is 9.41. The van der Waals surface area contributed by atoms with Crippen molar-refractivity contribution in [2.45, 2.75) is 25.9 Å². The molecule has 0 aliphatic rings. The molecule has 2 rings (SSSR count). The van der Waals surface area contributed by atoms with E-state index in [2.05, 4.69) is 79.7 Å². The Bertz CT molecular complexity index is 553. The summed E-state index contributed by atoms with van der Waals surface area (Å²) in [5, 5.41) is 0. The van der Waals surface area contributed by atoms with E-state index in [-0.39, 0.29) is 37.2 Å². The van der Waals surface area contributed by atoms with Crippen LogP contribution < -0.4 is 5.73 Å². The summed E-state index contributed by atoms with van der Waals surface area (Å²) >= 11 is 0. The third kappa shape index (κ3) is 11.9.